The quantitative estimate of drug-likeness (QED) is 0.305. The average Bonchev–Trinajstić information content (AvgIpc) is 3.03. The van der Waals surface area contributed by atoms with Gasteiger partial charge in [0.15, 0.2) is 0 Å². The largest absolute Gasteiger partial charge is 0.345 e. The van der Waals surface area contributed by atoms with Crippen LogP contribution in [0.3, 0.4) is 0 Å². The van der Waals surface area contributed by atoms with Crippen molar-refractivity contribution < 1.29 is 19.2 Å². The van der Waals surface area contributed by atoms with Crippen LogP contribution in [0.15, 0.2) is 97.3 Å². The molecule has 0 aromatic heterocycles. The van der Waals surface area contributed by atoms with E-state index in [-0.39, 0.29) is 24.8 Å². The van der Waals surface area contributed by atoms with Gasteiger partial charge in [0.05, 0.1) is 19.1 Å². The second kappa shape index (κ2) is 14.9. The molecule has 224 valence electrons. The van der Waals surface area contributed by atoms with E-state index in [1.165, 1.54) is 4.90 Å². The van der Waals surface area contributed by atoms with Crippen molar-refractivity contribution in [2.45, 2.75) is 51.4 Å². The Morgan fingerprint density at radius 2 is 1.44 bits per heavy atom. The van der Waals surface area contributed by atoms with Crippen LogP contribution in [-0.2, 0) is 38.6 Å². The highest BCUT2D eigenvalue weighted by Gasteiger charge is 2.35. The second-order valence-electron chi connectivity index (χ2n) is 10.7. The summed E-state index contributed by atoms with van der Waals surface area (Å²) in [6, 6.07) is 24.7. The van der Waals surface area contributed by atoms with Gasteiger partial charge >= 0.3 is 0 Å². The summed E-state index contributed by atoms with van der Waals surface area (Å²) < 4.78 is 0. The van der Waals surface area contributed by atoms with Gasteiger partial charge in [-0.05, 0) is 37.6 Å². The lowest BCUT2D eigenvalue weighted by Gasteiger charge is -2.36. The predicted octanol–water partition coefficient (Wildman–Crippen LogP) is 2.70. The third-order valence-electron chi connectivity index (χ3n) is 7.50. The van der Waals surface area contributed by atoms with E-state index < -0.39 is 29.9 Å². The first-order chi connectivity index (χ1) is 20.7. The van der Waals surface area contributed by atoms with Crippen LogP contribution in [0.5, 0.6) is 0 Å². The van der Waals surface area contributed by atoms with Crippen molar-refractivity contribution in [3.8, 4) is 0 Å². The molecular formula is C34H39N5O4. The zero-order valence-corrected chi connectivity index (χ0v) is 24.8. The minimum atomic E-state index is -0.887. The summed E-state index contributed by atoms with van der Waals surface area (Å²) in [6.07, 6.45) is 3.80. The van der Waals surface area contributed by atoms with E-state index in [1.54, 1.807) is 31.3 Å². The van der Waals surface area contributed by atoms with Gasteiger partial charge in [-0.1, -0.05) is 90.5 Å². The standard InChI is InChI=1S/C34H39N5O4/c1-24-14-16-28(17-15-24)23-38-18-19-39(30(34(38)43)21-27-12-8-5-9-13-27)31(40)22-36-33(42)29(37-32(41)25(2)35-3)20-26-10-6-4-7-11-26/h4-19,25,29-30,35H,20-23H2,1-3H3,(H,36,42)(H,37,41)/t25-,29-,30-/m0/s1. The lowest BCUT2D eigenvalue weighted by atomic mass is 10.0. The van der Waals surface area contributed by atoms with Gasteiger partial charge in [0, 0.05) is 25.2 Å². The fourth-order valence-corrected chi connectivity index (χ4v) is 4.80. The van der Waals surface area contributed by atoms with E-state index in [0.29, 0.717) is 13.0 Å². The van der Waals surface area contributed by atoms with Crippen LogP contribution >= 0.6 is 0 Å². The number of nitrogens with zero attached hydrogens (tertiary/aromatic N) is 2. The van der Waals surface area contributed by atoms with Crippen molar-refractivity contribution in [1.82, 2.24) is 25.8 Å². The third kappa shape index (κ3) is 8.62. The van der Waals surface area contributed by atoms with Gasteiger partial charge in [0.1, 0.15) is 12.1 Å². The number of likely N-dealkylation sites (N-methyl/N-ethyl adjacent to an activating group) is 1. The Kier molecular flexibility index (Phi) is 10.8. The first-order valence-electron chi connectivity index (χ1n) is 14.4. The van der Waals surface area contributed by atoms with Crippen molar-refractivity contribution in [3.05, 3.63) is 120 Å². The molecule has 3 aromatic carbocycles. The highest BCUT2D eigenvalue weighted by atomic mass is 16.2. The third-order valence-corrected chi connectivity index (χ3v) is 7.50. The molecule has 3 atom stereocenters. The Morgan fingerprint density at radius 1 is 0.814 bits per heavy atom. The molecule has 3 aromatic rings. The topological polar surface area (TPSA) is 111 Å². The van der Waals surface area contributed by atoms with Crippen LogP contribution in [0, 0.1) is 6.92 Å². The van der Waals surface area contributed by atoms with Crippen LogP contribution < -0.4 is 16.0 Å². The first kappa shape index (κ1) is 31.2. The Labute approximate surface area is 253 Å². The summed E-state index contributed by atoms with van der Waals surface area (Å²) in [5.74, 6) is -1.45. The van der Waals surface area contributed by atoms with Crippen molar-refractivity contribution in [2.24, 2.45) is 0 Å². The van der Waals surface area contributed by atoms with E-state index in [0.717, 1.165) is 22.3 Å². The molecule has 0 unspecified atom stereocenters. The molecule has 0 fully saturated rings. The van der Waals surface area contributed by atoms with E-state index in [2.05, 4.69) is 16.0 Å². The van der Waals surface area contributed by atoms with Gasteiger partial charge in [0.25, 0.3) is 0 Å². The monoisotopic (exact) mass is 581 g/mol. The normalized spacial score (nSPS) is 16.0. The molecule has 0 saturated carbocycles. The average molecular weight is 582 g/mol. The molecule has 0 radical (unpaired) electrons. The number of carbonyl (C=O) groups excluding carboxylic acids is 4. The van der Waals surface area contributed by atoms with Crippen LogP contribution in [0.2, 0.25) is 0 Å². The summed E-state index contributed by atoms with van der Waals surface area (Å²) in [7, 11) is 1.66. The molecule has 3 N–H and O–H groups in total. The van der Waals surface area contributed by atoms with Crippen molar-refractivity contribution in [2.75, 3.05) is 13.6 Å². The van der Waals surface area contributed by atoms with Gasteiger partial charge in [-0.15, -0.1) is 0 Å². The van der Waals surface area contributed by atoms with Crippen LogP contribution in [0.1, 0.15) is 29.2 Å². The molecule has 4 amide bonds. The van der Waals surface area contributed by atoms with Crippen molar-refractivity contribution in [3.63, 3.8) is 0 Å². The molecule has 9 heteroatoms. The first-order valence-corrected chi connectivity index (χ1v) is 14.4. The molecule has 1 aliphatic rings. The molecule has 1 heterocycles. The summed E-state index contributed by atoms with van der Waals surface area (Å²) in [6.45, 7) is 3.76. The number of amides is 4. The summed E-state index contributed by atoms with van der Waals surface area (Å²) >= 11 is 0. The zero-order chi connectivity index (χ0) is 30.8. The van der Waals surface area contributed by atoms with E-state index in [4.69, 9.17) is 0 Å². The second-order valence-corrected chi connectivity index (χ2v) is 10.7. The van der Waals surface area contributed by atoms with E-state index in [9.17, 15) is 19.2 Å². The molecule has 1 aliphatic heterocycles. The highest BCUT2D eigenvalue weighted by molar-refractivity contribution is 5.94. The Morgan fingerprint density at radius 3 is 2.07 bits per heavy atom. The maximum absolute atomic E-state index is 13.7. The number of aryl methyl sites for hydroxylation is 1. The van der Waals surface area contributed by atoms with Crippen molar-refractivity contribution >= 4 is 23.6 Å². The van der Waals surface area contributed by atoms with Gasteiger partial charge in [-0.3, -0.25) is 19.2 Å². The number of benzene rings is 3. The molecular weight excluding hydrogens is 542 g/mol. The van der Waals surface area contributed by atoms with Gasteiger partial charge in [0.2, 0.25) is 23.6 Å². The Balaban J connectivity index is 1.48. The number of hydrogen-bond donors (Lipinski definition) is 3. The van der Waals surface area contributed by atoms with Gasteiger partial charge in [-0.25, -0.2) is 0 Å². The van der Waals surface area contributed by atoms with Crippen molar-refractivity contribution in [1.29, 1.82) is 0 Å². The van der Waals surface area contributed by atoms with E-state index >= 15 is 0 Å². The molecule has 4 rings (SSSR count). The summed E-state index contributed by atoms with van der Waals surface area (Å²) in [5, 5.41) is 8.35. The highest BCUT2D eigenvalue weighted by Crippen LogP contribution is 2.20. The minimum absolute atomic E-state index is 0.207. The fraction of sp³-hybridized carbons (Fsp3) is 0.294. The molecule has 9 nitrogen and oxygen atoms in total. The minimum Gasteiger partial charge on any atom is -0.345 e. The Bertz CT molecular complexity index is 1430. The molecule has 0 aliphatic carbocycles. The number of nitrogens with one attached hydrogen (secondary N) is 3. The van der Waals surface area contributed by atoms with Crippen LogP contribution in [-0.4, -0.2) is 65.1 Å². The smallest absolute Gasteiger partial charge is 0.250 e. The SMILES string of the molecule is CN[C@@H](C)C(=O)N[C@@H](Cc1ccccc1)C(=O)NCC(=O)N1C=CN(Cc2ccc(C)cc2)C(=O)[C@@H]1Cc1ccccc1. The number of rotatable bonds is 12. The molecule has 0 saturated heterocycles. The van der Waals surface area contributed by atoms with Gasteiger partial charge < -0.3 is 25.8 Å². The van der Waals surface area contributed by atoms with Crippen LogP contribution in [0.4, 0.5) is 0 Å². The maximum atomic E-state index is 13.7. The number of hydrogen-bond acceptors (Lipinski definition) is 5. The number of carbonyl (C=O) groups is 4. The lowest BCUT2D eigenvalue weighted by molar-refractivity contribution is -0.143. The predicted molar refractivity (Wildman–Crippen MR) is 165 cm³/mol. The Hall–Kier alpha value is -4.76. The lowest BCUT2D eigenvalue weighted by Crippen LogP contribution is -2.56. The fourth-order valence-electron chi connectivity index (χ4n) is 4.80. The molecule has 0 bridgehead atoms. The van der Waals surface area contributed by atoms with Gasteiger partial charge in [-0.2, -0.15) is 0 Å². The van der Waals surface area contributed by atoms with E-state index in [1.807, 2.05) is 91.9 Å². The summed E-state index contributed by atoms with van der Waals surface area (Å²) in [4.78, 5) is 56.1. The van der Waals surface area contributed by atoms with Crippen LogP contribution in [0.25, 0.3) is 0 Å². The molecule has 43 heavy (non-hydrogen) atoms. The zero-order valence-electron chi connectivity index (χ0n) is 24.8. The summed E-state index contributed by atoms with van der Waals surface area (Å²) in [5.41, 5.74) is 3.89. The molecule has 0 spiro atoms. The maximum Gasteiger partial charge on any atom is 0.250 e.